The lowest BCUT2D eigenvalue weighted by Gasteiger charge is -2.31. The largest absolute Gasteiger partial charge is 0.325 e. The second-order valence-electron chi connectivity index (χ2n) is 6.90. The van der Waals surface area contributed by atoms with Gasteiger partial charge in [0.1, 0.15) is 10.8 Å². The second-order valence-corrected chi connectivity index (χ2v) is 8.22. The van der Waals surface area contributed by atoms with Crippen LogP contribution >= 0.6 is 27.5 Å². The first-order chi connectivity index (χ1) is 14.3. The molecule has 1 aromatic heterocycles. The molecule has 1 aliphatic heterocycles. The van der Waals surface area contributed by atoms with Crippen molar-refractivity contribution in [3.05, 3.63) is 56.1 Å². The topological polar surface area (TPSA) is 117 Å². The first-order valence-corrected chi connectivity index (χ1v) is 10.4. The maximum Gasteiger partial charge on any atom is 0.289 e. The standard InChI is InChI=1S/C19H19BrClN5O4/c20-13-3-6-17(22-9-13)24-19(28)12-2-1-7-25(10-12)11-18(27)23-14-4-5-15(21)16(8-14)26(29)30/h3-6,8-9,12H,1-2,7,10-11H2,(H,23,27)(H,22,24,28). The van der Waals surface area contributed by atoms with E-state index in [9.17, 15) is 19.7 Å². The number of nitrogens with zero attached hydrogens (tertiary/aromatic N) is 3. The molecule has 1 aromatic carbocycles. The summed E-state index contributed by atoms with van der Waals surface area (Å²) in [6, 6.07) is 7.60. The van der Waals surface area contributed by atoms with Crippen molar-refractivity contribution in [3.63, 3.8) is 0 Å². The van der Waals surface area contributed by atoms with Gasteiger partial charge in [-0.25, -0.2) is 4.98 Å². The van der Waals surface area contributed by atoms with Gasteiger partial charge in [0, 0.05) is 29.0 Å². The van der Waals surface area contributed by atoms with E-state index in [-0.39, 0.29) is 35.0 Å². The molecule has 11 heteroatoms. The number of anilines is 2. The van der Waals surface area contributed by atoms with E-state index in [0.29, 0.717) is 24.6 Å². The molecule has 1 unspecified atom stereocenters. The normalized spacial score (nSPS) is 16.7. The zero-order valence-electron chi connectivity index (χ0n) is 15.8. The third-order valence-electron chi connectivity index (χ3n) is 4.65. The number of halogens is 2. The number of piperidine rings is 1. The predicted octanol–water partition coefficient (Wildman–Crippen LogP) is 3.69. The average Bonchev–Trinajstić information content (AvgIpc) is 2.71. The van der Waals surface area contributed by atoms with Crippen molar-refractivity contribution in [2.45, 2.75) is 12.8 Å². The van der Waals surface area contributed by atoms with Gasteiger partial charge in [0.2, 0.25) is 11.8 Å². The molecule has 2 aromatic rings. The monoisotopic (exact) mass is 495 g/mol. The number of benzene rings is 1. The van der Waals surface area contributed by atoms with E-state index in [1.54, 1.807) is 18.3 Å². The Morgan fingerprint density at radius 3 is 2.80 bits per heavy atom. The minimum atomic E-state index is -0.605. The van der Waals surface area contributed by atoms with Crippen LogP contribution in [-0.4, -0.2) is 46.3 Å². The summed E-state index contributed by atoms with van der Waals surface area (Å²) in [4.78, 5) is 41.3. The molecule has 2 N–H and O–H groups in total. The van der Waals surface area contributed by atoms with Crippen LogP contribution in [0.5, 0.6) is 0 Å². The highest BCUT2D eigenvalue weighted by Gasteiger charge is 2.27. The molecule has 0 saturated carbocycles. The van der Waals surface area contributed by atoms with E-state index in [4.69, 9.17) is 11.6 Å². The molecule has 0 spiro atoms. The number of nitrogens with one attached hydrogen (secondary N) is 2. The first-order valence-electron chi connectivity index (χ1n) is 9.20. The summed E-state index contributed by atoms with van der Waals surface area (Å²) in [5.74, 6) is -0.235. The molecule has 1 atom stereocenters. The minimum Gasteiger partial charge on any atom is -0.325 e. The number of rotatable bonds is 6. The van der Waals surface area contributed by atoms with E-state index in [0.717, 1.165) is 17.3 Å². The Hall–Kier alpha value is -2.56. The summed E-state index contributed by atoms with van der Waals surface area (Å²) in [6.07, 6.45) is 3.11. The fourth-order valence-corrected chi connectivity index (χ4v) is 3.65. The molecule has 2 heterocycles. The van der Waals surface area contributed by atoms with Gasteiger partial charge < -0.3 is 10.6 Å². The van der Waals surface area contributed by atoms with Crippen molar-refractivity contribution >= 4 is 56.5 Å². The van der Waals surface area contributed by atoms with Crippen LogP contribution in [0.3, 0.4) is 0 Å². The molecule has 158 valence electrons. The Morgan fingerprint density at radius 2 is 2.10 bits per heavy atom. The second kappa shape index (κ2) is 9.96. The summed E-state index contributed by atoms with van der Waals surface area (Å²) in [5, 5.41) is 16.4. The predicted molar refractivity (Wildman–Crippen MR) is 116 cm³/mol. The van der Waals surface area contributed by atoms with Gasteiger partial charge in [0.25, 0.3) is 5.69 Å². The smallest absolute Gasteiger partial charge is 0.289 e. The molecule has 0 aliphatic carbocycles. The highest BCUT2D eigenvalue weighted by atomic mass is 79.9. The van der Waals surface area contributed by atoms with Crippen LogP contribution in [0.25, 0.3) is 0 Å². The van der Waals surface area contributed by atoms with Crippen molar-refractivity contribution in [2.24, 2.45) is 5.92 Å². The lowest BCUT2D eigenvalue weighted by molar-refractivity contribution is -0.384. The Kier molecular flexibility index (Phi) is 7.35. The summed E-state index contributed by atoms with van der Waals surface area (Å²) in [5.41, 5.74) is 0.0226. The fraction of sp³-hybridized carbons (Fsp3) is 0.316. The molecule has 2 amide bonds. The van der Waals surface area contributed by atoms with E-state index < -0.39 is 4.92 Å². The van der Waals surface area contributed by atoms with E-state index in [1.165, 1.54) is 18.2 Å². The van der Waals surface area contributed by atoms with Gasteiger partial charge in [0.15, 0.2) is 0 Å². The molecule has 3 rings (SSSR count). The number of pyridine rings is 1. The van der Waals surface area contributed by atoms with E-state index >= 15 is 0 Å². The van der Waals surface area contributed by atoms with Crippen LogP contribution < -0.4 is 10.6 Å². The maximum atomic E-state index is 12.5. The number of hydrogen-bond donors (Lipinski definition) is 2. The van der Waals surface area contributed by atoms with Gasteiger partial charge in [-0.15, -0.1) is 0 Å². The Balaban J connectivity index is 1.54. The van der Waals surface area contributed by atoms with Crippen molar-refractivity contribution in [3.8, 4) is 0 Å². The quantitative estimate of drug-likeness (QED) is 0.465. The van der Waals surface area contributed by atoms with Gasteiger partial charge in [-0.2, -0.15) is 0 Å². The maximum absolute atomic E-state index is 12.5. The number of hydrogen-bond acceptors (Lipinski definition) is 6. The third-order valence-corrected chi connectivity index (χ3v) is 5.44. The molecule has 0 bridgehead atoms. The molecule has 0 radical (unpaired) electrons. The van der Waals surface area contributed by atoms with Gasteiger partial charge in [-0.05, 0) is 59.6 Å². The van der Waals surface area contributed by atoms with Crippen LogP contribution in [0.1, 0.15) is 12.8 Å². The number of nitro groups is 1. The van der Waals surface area contributed by atoms with Crippen molar-refractivity contribution in [1.29, 1.82) is 0 Å². The molecule has 9 nitrogen and oxygen atoms in total. The number of nitro benzene ring substituents is 1. The highest BCUT2D eigenvalue weighted by Crippen LogP contribution is 2.27. The van der Waals surface area contributed by atoms with Gasteiger partial charge in [-0.1, -0.05) is 11.6 Å². The highest BCUT2D eigenvalue weighted by molar-refractivity contribution is 9.10. The molecular formula is C19H19BrClN5O4. The summed E-state index contributed by atoms with van der Waals surface area (Å²) < 4.78 is 0.821. The van der Waals surface area contributed by atoms with E-state index in [1.807, 2.05) is 4.90 Å². The summed E-state index contributed by atoms with van der Waals surface area (Å²) in [6.45, 7) is 1.21. The lowest BCUT2D eigenvalue weighted by Crippen LogP contribution is -2.44. The number of carbonyl (C=O) groups is 2. The number of aromatic nitrogens is 1. The van der Waals surface area contributed by atoms with Crippen LogP contribution in [0.2, 0.25) is 5.02 Å². The van der Waals surface area contributed by atoms with Crippen LogP contribution in [-0.2, 0) is 9.59 Å². The third kappa shape index (κ3) is 5.97. The summed E-state index contributed by atoms with van der Waals surface area (Å²) >= 11 is 9.09. The molecule has 1 aliphatic rings. The van der Waals surface area contributed by atoms with Crippen molar-refractivity contribution in [2.75, 3.05) is 30.3 Å². The number of amides is 2. The SMILES string of the molecule is O=C(CN1CCCC(C(=O)Nc2ccc(Br)cn2)C1)Nc1ccc(Cl)c([N+](=O)[O-])c1. The van der Waals surface area contributed by atoms with Crippen molar-refractivity contribution in [1.82, 2.24) is 9.88 Å². The molecule has 30 heavy (non-hydrogen) atoms. The van der Waals surface area contributed by atoms with Crippen LogP contribution in [0.15, 0.2) is 41.0 Å². The average molecular weight is 497 g/mol. The summed E-state index contributed by atoms with van der Waals surface area (Å²) in [7, 11) is 0. The van der Waals surface area contributed by atoms with Crippen molar-refractivity contribution < 1.29 is 14.5 Å². The van der Waals surface area contributed by atoms with Crippen LogP contribution in [0, 0.1) is 16.0 Å². The van der Waals surface area contributed by atoms with Crippen LogP contribution in [0.4, 0.5) is 17.2 Å². The molecular weight excluding hydrogens is 478 g/mol. The van der Waals surface area contributed by atoms with Gasteiger partial charge >= 0.3 is 0 Å². The fourth-order valence-electron chi connectivity index (χ4n) is 3.23. The van der Waals surface area contributed by atoms with Gasteiger partial charge in [0.05, 0.1) is 17.4 Å². The zero-order chi connectivity index (χ0) is 21.7. The molecule has 1 fully saturated rings. The minimum absolute atomic E-state index is 0.00291. The van der Waals surface area contributed by atoms with E-state index in [2.05, 4.69) is 31.5 Å². The Bertz CT molecular complexity index is 956. The Morgan fingerprint density at radius 1 is 1.30 bits per heavy atom. The number of carbonyl (C=O) groups excluding carboxylic acids is 2. The first kappa shape index (κ1) is 22.1. The Labute approximate surface area is 186 Å². The molecule has 1 saturated heterocycles. The zero-order valence-corrected chi connectivity index (χ0v) is 18.1. The lowest BCUT2D eigenvalue weighted by atomic mass is 9.97. The van der Waals surface area contributed by atoms with Gasteiger partial charge in [-0.3, -0.25) is 24.6 Å². The number of likely N-dealkylation sites (tertiary alicyclic amines) is 1.